The molecule has 0 aliphatic carbocycles. The van der Waals surface area contributed by atoms with Crippen molar-refractivity contribution in [3.05, 3.63) is 0 Å². The molecule has 0 aromatic rings. The van der Waals surface area contributed by atoms with E-state index < -0.39 is 5.54 Å². The van der Waals surface area contributed by atoms with E-state index in [0.29, 0.717) is 0 Å². The van der Waals surface area contributed by atoms with Gasteiger partial charge in [-0.1, -0.05) is 0 Å². The molecule has 1 amide bonds. The highest BCUT2D eigenvalue weighted by Crippen LogP contribution is 1.96. The molecule has 0 fully saturated rings. The monoisotopic (exact) mass is 160 g/mol. The number of amides is 1. The summed E-state index contributed by atoms with van der Waals surface area (Å²) in [6.45, 7) is 2.20. The zero-order valence-electron chi connectivity index (χ0n) is 6.76. The van der Waals surface area contributed by atoms with Crippen LogP contribution >= 0.6 is 0 Å². The van der Waals surface area contributed by atoms with Crippen LogP contribution in [0.5, 0.6) is 0 Å². The van der Waals surface area contributed by atoms with Gasteiger partial charge in [-0.25, -0.2) is 0 Å². The van der Waals surface area contributed by atoms with Gasteiger partial charge in [0.05, 0.1) is 5.54 Å². The van der Waals surface area contributed by atoms with Gasteiger partial charge in [-0.3, -0.25) is 4.79 Å². The van der Waals surface area contributed by atoms with Gasteiger partial charge in [-0.05, 0) is 0 Å². The Morgan fingerprint density at radius 1 is 1.27 bits per heavy atom. The molecule has 0 rings (SSSR count). The number of hydrogen-bond acceptors (Lipinski definition) is 4. The van der Waals surface area contributed by atoms with Crippen LogP contribution in [-0.2, 0) is 4.79 Å². The standard InChI is InChI=1S/C6H16N4O/c1-5(11)10-6(2-7,3-8)4-9/h2-4,7-9H2,1H3,(H,10,11). The summed E-state index contributed by atoms with van der Waals surface area (Å²) < 4.78 is 0. The van der Waals surface area contributed by atoms with Crippen molar-refractivity contribution in [2.24, 2.45) is 17.2 Å². The van der Waals surface area contributed by atoms with Crippen molar-refractivity contribution in [1.29, 1.82) is 0 Å². The summed E-state index contributed by atoms with van der Waals surface area (Å²) in [5.41, 5.74) is 15.6. The first-order valence-corrected chi connectivity index (χ1v) is 3.49. The molecule has 66 valence electrons. The van der Waals surface area contributed by atoms with Crippen molar-refractivity contribution in [3.8, 4) is 0 Å². The summed E-state index contributed by atoms with van der Waals surface area (Å²) >= 11 is 0. The Balaban J connectivity index is 4.16. The molecule has 0 spiro atoms. The van der Waals surface area contributed by atoms with E-state index in [4.69, 9.17) is 17.2 Å². The highest BCUT2D eigenvalue weighted by Gasteiger charge is 2.25. The Bertz CT molecular complexity index is 124. The number of carbonyl (C=O) groups is 1. The van der Waals surface area contributed by atoms with Crippen LogP contribution in [0.25, 0.3) is 0 Å². The third-order valence-corrected chi connectivity index (χ3v) is 1.61. The molecule has 0 aliphatic rings. The van der Waals surface area contributed by atoms with Gasteiger partial charge in [0.25, 0.3) is 0 Å². The molecule has 0 aromatic heterocycles. The third kappa shape index (κ3) is 2.83. The van der Waals surface area contributed by atoms with Crippen molar-refractivity contribution in [1.82, 2.24) is 5.32 Å². The third-order valence-electron chi connectivity index (χ3n) is 1.61. The number of nitrogens with one attached hydrogen (secondary N) is 1. The smallest absolute Gasteiger partial charge is 0.217 e. The van der Waals surface area contributed by atoms with Crippen LogP contribution in [0, 0.1) is 0 Å². The van der Waals surface area contributed by atoms with Crippen LogP contribution in [0.4, 0.5) is 0 Å². The van der Waals surface area contributed by atoms with Gasteiger partial charge in [0.1, 0.15) is 0 Å². The van der Waals surface area contributed by atoms with Crippen molar-refractivity contribution in [3.63, 3.8) is 0 Å². The van der Waals surface area contributed by atoms with Crippen LogP contribution in [0.15, 0.2) is 0 Å². The fourth-order valence-electron chi connectivity index (χ4n) is 0.777. The Kier molecular flexibility index (Phi) is 4.02. The average molecular weight is 160 g/mol. The van der Waals surface area contributed by atoms with Crippen LogP contribution in [-0.4, -0.2) is 31.1 Å². The Morgan fingerprint density at radius 2 is 1.64 bits per heavy atom. The van der Waals surface area contributed by atoms with Gasteiger partial charge in [0, 0.05) is 26.6 Å². The minimum absolute atomic E-state index is 0.161. The molecule has 0 saturated carbocycles. The molecule has 0 heterocycles. The SMILES string of the molecule is CC(=O)NC(CN)(CN)CN. The Morgan fingerprint density at radius 3 is 1.73 bits per heavy atom. The van der Waals surface area contributed by atoms with Crippen LogP contribution in [0.3, 0.4) is 0 Å². The number of nitrogens with two attached hydrogens (primary N) is 3. The fourth-order valence-corrected chi connectivity index (χ4v) is 0.777. The molecular formula is C6H16N4O. The van der Waals surface area contributed by atoms with Gasteiger partial charge in [-0.2, -0.15) is 0 Å². The molecule has 0 saturated heterocycles. The quantitative estimate of drug-likeness (QED) is 0.372. The van der Waals surface area contributed by atoms with Crippen molar-refractivity contribution >= 4 is 5.91 Å². The summed E-state index contributed by atoms with van der Waals surface area (Å²) in [5.74, 6) is -0.161. The molecule has 5 heteroatoms. The lowest BCUT2D eigenvalue weighted by atomic mass is 10.0. The number of carbonyl (C=O) groups excluding carboxylic acids is 1. The van der Waals surface area contributed by atoms with E-state index in [9.17, 15) is 4.79 Å². The van der Waals surface area contributed by atoms with E-state index >= 15 is 0 Å². The van der Waals surface area contributed by atoms with Crippen LogP contribution in [0.2, 0.25) is 0 Å². The van der Waals surface area contributed by atoms with E-state index in [1.165, 1.54) is 6.92 Å². The lowest BCUT2D eigenvalue weighted by Gasteiger charge is -2.30. The van der Waals surface area contributed by atoms with Gasteiger partial charge in [0.2, 0.25) is 5.91 Å². The zero-order chi connectivity index (χ0) is 8.91. The van der Waals surface area contributed by atoms with E-state index in [-0.39, 0.29) is 25.5 Å². The molecule has 0 aliphatic heterocycles. The minimum atomic E-state index is -0.619. The second-order valence-electron chi connectivity index (χ2n) is 2.57. The Labute approximate surface area is 66.3 Å². The molecule has 0 bridgehead atoms. The predicted molar refractivity (Wildman–Crippen MR) is 43.7 cm³/mol. The molecule has 11 heavy (non-hydrogen) atoms. The lowest BCUT2D eigenvalue weighted by Crippen LogP contribution is -2.62. The van der Waals surface area contributed by atoms with E-state index in [1.54, 1.807) is 0 Å². The molecule has 5 nitrogen and oxygen atoms in total. The topological polar surface area (TPSA) is 107 Å². The normalized spacial score (nSPS) is 11.3. The van der Waals surface area contributed by atoms with Crippen molar-refractivity contribution in [2.45, 2.75) is 12.5 Å². The summed E-state index contributed by atoms with van der Waals surface area (Å²) in [6.07, 6.45) is 0. The number of rotatable bonds is 4. The van der Waals surface area contributed by atoms with Crippen LogP contribution < -0.4 is 22.5 Å². The second-order valence-corrected chi connectivity index (χ2v) is 2.57. The van der Waals surface area contributed by atoms with E-state index in [1.807, 2.05) is 0 Å². The summed E-state index contributed by atoms with van der Waals surface area (Å²) in [4.78, 5) is 10.7. The molecule has 0 atom stereocenters. The van der Waals surface area contributed by atoms with Crippen molar-refractivity contribution in [2.75, 3.05) is 19.6 Å². The summed E-state index contributed by atoms with van der Waals surface area (Å²) in [7, 11) is 0. The first kappa shape index (κ1) is 10.3. The highest BCUT2D eigenvalue weighted by molar-refractivity contribution is 5.74. The summed E-state index contributed by atoms with van der Waals surface area (Å²) in [6, 6.07) is 0. The first-order chi connectivity index (χ1) is 5.10. The first-order valence-electron chi connectivity index (χ1n) is 3.49. The van der Waals surface area contributed by atoms with Gasteiger partial charge in [0.15, 0.2) is 0 Å². The lowest BCUT2D eigenvalue weighted by molar-refractivity contribution is -0.120. The fraction of sp³-hybridized carbons (Fsp3) is 0.833. The van der Waals surface area contributed by atoms with Gasteiger partial charge >= 0.3 is 0 Å². The maximum Gasteiger partial charge on any atom is 0.217 e. The Hall–Kier alpha value is -0.650. The minimum Gasteiger partial charge on any atom is -0.347 e. The van der Waals surface area contributed by atoms with Crippen molar-refractivity contribution < 1.29 is 4.79 Å². The van der Waals surface area contributed by atoms with E-state index in [2.05, 4.69) is 5.32 Å². The maximum atomic E-state index is 10.7. The summed E-state index contributed by atoms with van der Waals surface area (Å²) in [5, 5.41) is 2.63. The molecule has 7 N–H and O–H groups in total. The maximum absolute atomic E-state index is 10.7. The predicted octanol–water partition coefficient (Wildman–Crippen LogP) is -2.26. The van der Waals surface area contributed by atoms with Crippen LogP contribution in [0.1, 0.15) is 6.92 Å². The zero-order valence-corrected chi connectivity index (χ0v) is 6.76. The molecule has 0 radical (unpaired) electrons. The van der Waals surface area contributed by atoms with Gasteiger partial charge in [-0.15, -0.1) is 0 Å². The molecular weight excluding hydrogens is 144 g/mol. The second kappa shape index (κ2) is 4.27. The van der Waals surface area contributed by atoms with E-state index in [0.717, 1.165) is 0 Å². The molecule has 0 unspecified atom stereocenters. The highest BCUT2D eigenvalue weighted by atomic mass is 16.1. The number of hydrogen-bond donors (Lipinski definition) is 4. The molecule has 0 aromatic carbocycles. The largest absolute Gasteiger partial charge is 0.347 e. The average Bonchev–Trinajstić information content (AvgIpc) is 2.00. The van der Waals surface area contributed by atoms with Gasteiger partial charge < -0.3 is 22.5 Å².